The van der Waals surface area contributed by atoms with Crippen LogP contribution in [-0.2, 0) is 13.1 Å². The van der Waals surface area contributed by atoms with Crippen LogP contribution in [0.25, 0.3) is 0 Å². The zero-order valence-corrected chi connectivity index (χ0v) is 17.5. The molecule has 0 bridgehead atoms. The molecule has 0 aliphatic rings. The predicted molar refractivity (Wildman–Crippen MR) is 117 cm³/mol. The fourth-order valence-corrected chi connectivity index (χ4v) is 2.97. The van der Waals surface area contributed by atoms with Crippen LogP contribution in [0.2, 0.25) is 0 Å². The van der Waals surface area contributed by atoms with Gasteiger partial charge in [0.05, 0.1) is 6.54 Å². The van der Waals surface area contributed by atoms with E-state index in [0.717, 1.165) is 24.9 Å². The summed E-state index contributed by atoms with van der Waals surface area (Å²) in [7, 11) is 1.96. The van der Waals surface area contributed by atoms with Crippen LogP contribution in [0.1, 0.15) is 18.3 Å². The first-order valence-corrected chi connectivity index (χ1v) is 10.1. The van der Waals surface area contributed by atoms with Crippen molar-refractivity contribution in [3.05, 3.63) is 84.2 Å². The van der Waals surface area contributed by atoms with Gasteiger partial charge in [-0.15, -0.1) is 0 Å². The summed E-state index contributed by atoms with van der Waals surface area (Å²) < 4.78 is 20.8. The van der Waals surface area contributed by atoms with Gasteiger partial charge in [0, 0.05) is 32.5 Å². The van der Waals surface area contributed by atoms with Gasteiger partial charge in [0.1, 0.15) is 30.5 Å². The van der Waals surface area contributed by atoms with Crippen LogP contribution in [0.5, 0.6) is 5.75 Å². The summed E-state index contributed by atoms with van der Waals surface area (Å²) in [5.74, 6) is 2.07. The largest absolute Gasteiger partial charge is 0.492 e. The molecule has 0 saturated heterocycles. The van der Waals surface area contributed by atoms with Gasteiger partial charge in [-0.2, -0.15) is 0 Å². The Labute approximate surface area is 177 Å². The Hall–Kier alpha value is -3.35. The Balaban J connectivity index is 1.57. The van der Waals surface area contributed by atoms with Gasteiger partial charge in [0.15, 0.2) is 5.96 Å². The average molecular weight is 410 g/mol. The Morgan fingerprint density at radius 1 is 1.17 bits per heavy atom. The molecular weight excluding hydrogens is 381 g/mol. The third-order valence-electron chi connectivity index (χ3n) is 4.57. The third-order valence-corrected chi connectivity index (χ3v) is 4.57. The van der Waals surface area contributed by atoms with Gasteiger partial charge < -0.3 is 19.5 Å². The lowest BCUT2D eigenvalue weighted by Crippen LogP contribution is -2.41. The second kappa shape index (κ2) is 11.0. The van der Waals surface area contributed by atoms with Crippen molar-refractivity contribution in [3.63, 3.8) is 0 Å². The Bertz CT molecular complexity index is 924. The monoisotopic (exact) mass is 409 g/mol. The zero-order valence-electron chi connectivity index (χ0n) is 17.5. The SMILES string of the molecule is CCNC(=NCc1nccn1Cc1ccccc1)N(C)CCOc1ccc(F)cc1. The minimum absolute atomic E-state index is 0.272. The smallest absolute Gasteiger partial charge is 0.194 e. The van der Waals surface area contributed by atoms with Gasteiger partial charge in [-0.25, -0.2) is 14.4 Å². The highest BCUT2D eigenvalue weighted by Gasteiger charge is 2.08. The van der Waals surface area contributed by atoms with Crippen LogP contribution in [0.15, 0.2) is 72.0 Å². The number of benzene rings is 2. The zero-order chi connectivity index (χ0) is 21.2. The van der Waals surface area contributed by atoms with Crippen molar-refractivity contribution in [2.45, 2.75) is 20.0 Å². The minimum Gasteiger partial charge on any atom is -0.492 e. The molecule has 6 nitrogen and oxygen atoms in total. The lowest BCUT2D eigenvalue weighted by molar-refractivity contribution is 0.281. The molecule has 7 heteroatoms. The maximum absolute atomic E-state index is 13.0. The molecular formula is C23H28FN5O. The number of hydrogen-bond donors (Lipinski definition) is 1. The molecule has 1 heterocycles. The number of imidazole rings is 1. The van der Waals surface area contributed by atoms with Crippen LogP contribution >= 0.6 is 0 Å². The van der Waals surface area contributed by atoms with E-state index in [2.05, 4.69) is 27.0 Å². The number of nitrogens with zero attached hydrogens (tertiary/aromatic N) is 4. The Kier molecular flexibility index (Phi) is 7.83. The first kappa shape index (κ1) is 21.4. The van der Waals surface area contributed by atoms with Crippen LogP contribution in [0.3, 0.4) is 0 Å². The molecule has 0 radical (unpaired) electrons. The van der Waals surface area contributed by atoms with E-state index in [1.54, 1.807) is 18.3 Å². The molecule has 0 saturated carbocycles. The summed E-state index contributed by atoms with van der Waals surface area (Å²) in [6, 6.07) is 16.3. The van der Waals surface area contributed by atoms with E-state index >= 15 is 0 Å². The number of nitrogens with one attached hydrogen (secondary N) is 1. The van der Waals surface area contributed by atoms with Crippen LogP contribution < -0.4 is 10.1 Å². The van der Waals surface area contributed by atoms with E-state index in [9.17, 15) is 4.39 Å². The van der Waals surface area contributed by atoms with Crippen LogP contribution in [-0.4, -0.2) is 47.2 Å². The van der Waals surface area contributed by atoms with E-state index in [4.69, 9.17) is 9.73 Å². The fraction of sp³-hybridized carbons (Fsp3) is 0.304. The normalized spacial score (nSPS) is 11.4. The summed E-state index contributed by atoms with van der Waals surface area (Å²) in [5, 5.41) is 3.30. The van der Waals surface area contributed by atoms with E-state index < -0.39 is 0 Å². The molecule has 1 N–H and O–H groups in total. The summed E-state index contributed by atoms with van der Waals surface area (Å²) >= 11 is 0. The summed E-state index contributed by atoms with van der Waals surface area (Å²) in [5.41, 5.74) is 1.22. The van der Waals surface area contributed by atoms with Gasteiger partial charge in [-0.1, -0.05) is 30.3 Å². The van der Waals surface area contributed by atoms with E-state index in [1.807, 2.05) is 43.3 Å². The van der Waals surface area contributed by atoms with E-state index in [0.29, 0.717) is 25.4 Å². The topological polar surface area (TPSA) is 54.7 Å². The predicted octanol–water partition coefficient (Wildman–Crippen LogP) is 3.55. The quantitative estimate of drug-likeness (QED) is 0.434. The highest BCUT2D eigenvalue weighted by molar-refractivity contribution is 5.79. The minimum atomic E-state index is -0.272. The van der Waals surface area contributed by atoms with Crippen molar-refractivity contribution in [1.82, 2.24) is 19.8 Å². The maximum atomic E-state index is 13.0. The molecule has 3 aromatic rings. The van der Waals surface area contributed by atoms with E-state index in [-0.39, 0.29) is 5.82 Å². The summed E-state index contributed by atoms with van der Waals surface area (Å²) in [6.45, 7) is 5.15. The molecule has 0 fully saturated rings. The highest BCUT2D eigenvalue weighted by Crippen LogP contribution is 2.11. The fourth-order valence-electron chi connectivity index (χ4n) is 2.97. The number of hydrogen-bond acceptors (Lipinski definition) is 3. The summed E-state index contributed by atoms with van der Waals surface area (Å²) in [6.07, 6.45) is 3.78. The van der Waals surface area contributed by atoms with Gasteiger partial charge >= 0.3 is 0 Å². The maximum Gasteiger partial charge on any atom is 0.194 e. The van der Waals surface area contributed by atoms with Gasteiger partial charge in [-0.05, 0) is 36.8 Å². The van der Waals surface area contributed by atoms with Crippen molar-refractivity contribution in [2.24, 2.45) is 4.99 Å². The lowest BCUT2D eigenvalue weighted by Gasteiger charge is -2.22. The molecule has 0 atom stereocenters. The Morgan fingerprint density at radius 2 is 1.93 bits per heavy atom. The van der Waals surface area contributed by atoms with Gasteiger partial charge in [0.2, 0.25) is 0 Å². The van der Waals surface area contributed by atoms with Crippen molar-refractivity contribution in [1.29, 1.82) is 0 Å². The number of aliphatic imine (C=N–C) groups is 1. The Morgan fingerprint density at radius 3 is 2.67 bits per heavy atom. The first-order chi connectivity index (χ1) is 14.7. The lowest BCUT2D eigenvalue weighted by atomic mass is 10.2. The van der Waals surface area contributed by atoms with Crippen LogP contribution in [0, 0.1) is 5.82 Å². The highest BCUT2D eigenvalue weighted by atomic mass is 19.1. The number of rotatable bonds is 9. The average Bonchev–Trinajstić information content (AvgIpc) is 3.20. The molecule has 0 spiro atoms. The van der Waals surface area contributed by atoms with Gasteiger partial charge in [0.25, 0.3) is 0 Å². The van der Waals surface area contributed by atoms with Crippen molar-refractivity contribution < 1.29 is 9.13 Å². The molecule has 0 aliphatic carbocycles. The second-order valence-corrected chi connectivity index (χ2v) is 6.85. The molecule has 1 aromatic heterocycles. The molecule has 3 rings (SSSR count). The molecule has 158 valence electrons. The number of ether oxygens (including phenoxy) is 1. The third kappa shape index (κ3) is 6.34. The van der Waals surface area contributed by atoms with Gasteiger partial charge in [-0.3, -0.25) is 0 Å². The molecule has 0 amide bonds. The number of likely N-dealkylation sites (N-methyl/N-ethyl adjacent to an activating group) is 1. The van der Waals surface area contributed by atoms with Crippen molar-refractivity contribution in [3.8, 4) is 5.75 Å². The van der Waals surface area contributed by atoms with Crippen LogP contribution in [0.4, 0.5) is 4.39 Å². The standard InChI is InChI=1S/C23H28FN5O/c1-3-25-23(28(2)15-16-30-21-11-9-20(24)10-12-21)27-17-22-26-13-14-29(22)18-19-7-5-4-6-8-19/h4-14H,3,15-18H2,1-2H3,(H,25,27). The van der Waals surface area contributed by atoms with Crippen molar-refractivity contribution in [2.75, 3.05) is 26.7 Å². The summed E-state index contributed by atoms with van der Waals surface area (Å²) in [4.78, 5) is 11.2. The number of halogens is 1. The molecule has 30 heavy (non-hydrogen) atoms. The second-order valence-electron chi connectivity index (χ2n) is 6.85. The van der Waals surface area contributed by atoms with E-state index in [1.165, 1.54) is 17.7 Å². The number of aromatic nitrogens is 2. The number of guanidine groups is 1. The molecule has 2 aromatic carbocycles. The molecule has 0 aliphatic heterocycles. The van der Waals surface area contributed by atoms with Crippen molar-refractivity contribution >= 4 is 5.96 Å². The molecule has 0 unspecified atom stereocenters. The first-order valence-electron chi connectivity index (χ1n) is 10.1.